The van der Waals surface area contributed by atoms with Gasteiger partial charge in [-0.1, -0.05) is 53.7 Å². The first-order chi connectivity index (χ1) is 14.9. The van der Waals surface area contributed by atoms with Crippen molar-refractivity contribution in [2.45, 2.75) is 63.8 Å². The van der Waals surface area contributed by atoms with Crippen LogP contribution in [0.4, 0.5) is 0 Å². The summed E-state index contributed by atoms with van der Waals surface area (Å²) < 4.78 is 1.97. The number of thioether (sulfide) groups is 1. The molecule has 162 valence electrons. The molecule has 0 radical (unpaired) electrons. The van der Waals surface area contributed by atoms with Gasteiger partial charge in [0, 0.05) is 17.6 Å². The number of fused-ring (bicyclic) bond motifs is 1. The van der Waals surface area contributed by atoms with E-state index in [9.17, 15) is 9.59 Å². The van der Waals surface area contributed by atoms with Crippen molar-refractivity contribution < 1.29 is 9.59 Å². The second-order valence-electron chi connectivity index (χ2n) is 8.48. The maximum atomic E-state index is 13.3. The van der Waals surface area contributed by atoms with Gasteiger partial charge in [0.15, 0.2) is 10.9 Å². The quantitative estimate of drug-likeness (QED) is 0.399. The number of carbonyl (C=O) groups excluding carboxylic acids is 2. The predicted molar refractivity (Wildman–Crippen MR) is 126 cm³/mol. The van der Waals surface area contributed by atoms with Crippen molar-refractivity contribution in [3.8, 4) is 0 Å². The summed E-state index contributed by atoms with van der Waals surface area (Å²) in [7, 11) is 0. The highest BCUT2D eigenvalue weighted by Gasteiger charge is 2.29. The van der Waals surface area contributed by atoms with E-state index in [1.54, 1.807) is 0 Å². The molecule has 6 heteroatoms. The fourth-order valence-electron chi connectivity index (χ4n) is 4.40. The number of amides is 1. The standard InChI is InChI=1S/C25H29N3O2S/c1-17-11-13-20(14-12-17)23(29)16-31-25-26-21-9-4-5-10-22(21)27(25)15-24(30)28-18(2)7-6-8-19(28)3/h4-5,9-14,18-19H,6-8,15-16H2,1-3H3/t18-,19-/m0/s1. The van der Waals surface area contributed by atoms with Gasteiger partial charge < -0.3 is 9.47 Å². The van der Waals surface area contributed by atoms with Crippen molar-refractivity contribution in [3.05, 3.63) is 59.7 Å². The summed E-state index contributed by atoms with van der Waals surface area (Å²) in [6.07, 6.45) is 3.27. The monoisotopic (exact) mass is 435 g/mol. The molecule has 1 aromatic heterocycles. The number of rotatable bonds is 6. The number of ketones is 1. The zero-order chi connectivity index (χ0) is 22.0. The van der Waals surface area contributed by atoms with E-state index >= 15 is 0 Å². The molecule has 1 amide bonds. The first-order valence-electron chi connectivity index (χ1n) is 10.9. The van der Waals surface area contributed by atoms with Crippen molar-refractivity contribution >= 4 is 34.5 Å². The molecule has 1 aliphatic heterocycles. The van der Waals surface area contributed by atoms with Crippen LogP contribution >= 0.6 is 11.8 Å². The molecule has 5 nitrogen and oxygen atoms in total. The summed E-state index contributed by atoms with van der Waals surface area (Å²) in [5.41, 5.74) is 3.61. The van der Waals surface area contributed by atoms with Crippen molar-refractivity contribution in [1.29, 1.82) is 0 Å². The van der Waals surface area contributed by atoms with Crippen LogP contribution in [-0.4, -0.2) is 44.0 Å². The van der Waals surface area contributed by atoms with E-state index in [0.717, 1.165) is 29.4 Å². The molecule has 2 atom stereocenters. The lowest BCUT2D eigenvalue weighted by Crippen LogP contribution is -2.48. The number of piperidine rings is 1. The van der Waals surface area contributed by atoms with Gasteiger partial charge in [0.25, 0.3) is 0 Å². The number of benzene rings is 2. The first-order valence-corrected chi connectivity index (χ1v) is 11.9. The van der Waals surface area contributed by atoms with Crippen molar-refractivity contribution in [3.63, 3.8) is 0 Å². The highest BCUT2D eigenvalue weighted by molar-refractivity contribution is 7.99. The minimum atomic E-state index is 0.0632. The van der Waals surface area contributed by atoms with Gasteiger partial charge in [0.2, 0.25) is 5.91 Å². The summed E-state index contributed by atoms with van der Waals surface area (Å²) in [4.78, 5) is 32.7. The third kappa shape index (κ3) is 4.69. The molecule has 3 aromatic rings. The van der Waals surface area contributed by atoms with Crippen LogP contribution in [0.15, 0.2) is 53.7 Å². The van der Waals surface area contributed by atoms with E-state index < -0.39 is 0 Å². The van der Waals surface area contributed by atoms with Gasteiger partial charge in [-0.3, -0.25) is 9.59 Å². The molecule has 0 spiro atoms. The van der Waals surface area contributed by atoms with Crippen LogP contribution in [0.1, 0.15) is 49.0 Å². The van der Waals surface area contributed by atoms with Gasteiger partial charge in [-0.25, -0.2) is 4.98 Å². The minimum Gasteiger partial charge on any atom is -0.336 e. The molecular formula is C25H29N3O2S. The van der Waals surface area contributed by atoms with Crippen LogP contribution < -0.4 is 0 Å². The Kier molecular flexibility index (Phi) is 6.46. The molecule has 2 aromatic carbocycles. The Morgan fingerprint density at radius 3 is 2.42 bits per heavy atom. The topological polar surface area (TPSA) is 55.2 Å². The van der Waals surface area contributed by atoms with Gasteiger partial charge in [0.1, 0.15) is 6.54 Å². The van der Waals surface area contributed by atoms with Crippen LogP contribution in [0.2, 0.25) is 0 Å². The number of Topliss-reactive ketones (excluding diaryl/α,β-unsaturated/α-hetero) is 1. The third-order valence-corrected chi connectivity index (χ3v) is 7.08. The molecule has 31 heavy (non-hydrogen) atoms. The van der Waals surface area contributed by atoms with Gasteiger partial charge in [-0.05, 0) is 52.2 Å². The van der Waals surface area contributed by atoms with E-state index in [2.05, 4.69) is 13.8 Å². The Hall–Kier alpha value is -2.60. The number of aromatic nitrogens is 2. The van der Waals surface area contributed by atoms with Crippen LogP contribution in [0.25, 0.3) is 11.0 Å². The van der Waals surface area contributed by atoms with E-state index in [0.29, 0.717) is 10.7 Å². The Morgan fingerprint density at radius 2 is 1.71 bits per heavy atom. The minimum absolute atomic E-state index is 0.0632. The molecule has 1 aliphatic rings. The number of carbonyl (C=O) groups is 2. The average Bonchev–Trinajstić information content (AvgIpc) is 3.10. The number of likely N-dealkylation sites (tertiary alicyclic amines) is 1. The van der Waals surface area contributed by atoms with Crippen LogP contribution in [0.3, 0.4) is 0 Å². The number of nitrogens with zero attached hydrogens (tertiary/aromatic N) is 3. The summed E-state index contributed by atoms with van der Waals surface area (Å²) in [5, 5.41) is 0.715. The fourth-order valence-corrected chi connectivity index (χ4v) is 5.31. The van der Waals surface area contributed by atoms with Crippen molar-refractivity contribution in [2.24, 2.45) is 0 Å². The Morgan fingerprint density at radius 1 is 1.03 bits per heavy atom. The fraction of sp³-hybridized carbons (Fsp3) is 0.400. The highest BCUT2D eigenvalue weighted by atomic mass is 32.2. The lowest BCUT2D eigenvalue weighted by Gasteiger charge is -2.39. The Bertz CT molecular complexity index is 1080. The molecule has 1 fully saturated rings. The summed E-state index contributed by atoms with van der Waals surface area (Å²) in [6, 6.07) is 16.0. The van der Waals surface area contributed by atoms with Gasteiger partial charge in [0.05, 0.1) is 16.8 Å². The second-order valence-corrected chi connectivity index (χ2v) is 9.42. The van der Waals surface area contributed by atoms with E-state index in [1.807, 2.05) is 64.9 Å². The molecule has 0 aliphatic carbocycles. The average molecular weight is 436 g/mol. The first kappa shape index (κ1) is 21.6. The Labute approximate surface area is 187 Å². The highest BCUT2D eigenvalue weighted by Crippen LogP contribution is 2.27. The van der Waals surface area contributed by atoms with Gasteiger partial charge in [-0.2, -0.15) is 0 Å². The maximum Gasteiger partial charge on any atom is 0.243 e. The van der Waals surface area contributed by atoms with Crippen LogP contribution in [0, 0.1) is 6.92 Å². The van der Waals surface area contributed by atoms with E-state index in [4.69, 9.17) is 4.98 Å². The third-order valence-electron chi connectivity index (χ3n) is 6.10. The summed E-state index contributed by atoms with van der Waals surface area (Å²) in [5.74, 6) is 0.472. The van der Waals surface area contributed by atoms with Crippen LogP contribution in [0.5, 0.6) is 0 Å². The summed E-state index contributed by atoms with van der Waals surface area (Å²) >= 11 is 1.40. The number of aryl methyl sites for hydroxylation is 1. The van der Waals surface area contributed by atoms with Crippen LogP contribution in [-0.2, 0) is 11.3 Å². The SMILES string of the molecule is Cc1ccc(C(=O)CSc2nc3ccccc3n2CC(=O)N2[C@@H](C)CCC[C@@H]2C)cc1. The molecule has 4 rings (SSSR count). The molecule has 2 heterocycles. The number of imidazole rings is 1. The predicted octanol–water partition coefficient (Wildman–Crippen LogP) is 5.11. The lowest BCUT2D eigenvalue weighted by atomic mass is 9.97. The smallest absolute Gasteiger partial charge is 0.243 e. The normalized spacial score (nSPS) is 19.0. The molecule has 0 unspecified atom stereocenters. The molecular weight excluding hydrogens is 406 g/mol. The number of hydrogen-bond donors (Lipinski definition) is 0. The number of hydrogen-bond acceptors (Lipinski definition) is 4. The molecule has 1 saturated heterocycles. The lowest BCUT2D eigenvalue weighted by molar-refractivity contribution is -0.138. The van der Waals surface area contributed by atoms with Gasteiger partial charge >= 0.3 is 0 Å². The van der Waals surface area contributed by atoms with Crippen molar-refractivity contribution in [2.75, 3.05) is 5.75 Å². The van der Waals surface area contributed by atoms with E-state index in [-0.39, 0.29) is 36.1 Å². The van der Waals surface area contributed by atoms with Crippen molar-refractivity contribution in [1.82, 2.24) is 14.5 Å². The zero-order valence-corrected chi connectivity index (χ0v) is 19.2. The van der Waals surface area contributed by atoms with Gasteiger partial charge in [-0.15, -0.1) is 0 Å². The second kappa shape index (κ2) is 9.27. The maximum absolute atomic E-state index is 13.3. The molecule has 0 bridgehead atoms. The zero-order valence-electron chi connectivity index (χ0n) is 18.4. The molecule has 0 saturated carbocycles. The largest absolute Gasteiger partial charge is 0.336 e. The van der Waals surface area contributed by atoms with E-state index in [1.165, 1.54) is 18.2 Å². The summed E-state index contributed by atoms with van der Waals surface area (Å²) in [6.45, 7) is 6.52. The Balaban J connectivity index is 1.56. The molecule has 0 N–H and O–H groups in total. The number of para-hydroxylation sites is 2.